The molecule has 1 saturated heterocycles. The summed E-state index contributed by atoms with van der Waals surface area (Å²) in [6.45, 7) is 2.37. The van der Waals surface area contributed by atoms with Gasteiger partial charge in [0.25, 0.3) is 5.91 Å². The molecule has 144 valence electrons. The zero-order valence-corrected chi connectivity index (χ0v) is 16.8. The maximum atomic E-state index is 12.9. The molecule has 1 N–H and O–H groups in total. The highest BCUT2D eigenvalue weighted by molar-refractivity contribution is 8.27. The normalized spacial score (nSPS) is 15.2. The average molecular weight is 415 g/mol. The second-order valence-electron chi connectivity index (χ2n) is 5.72. The number of hydrogen-bond donors (Lipinski definition) is 1. The number of carboxylic acid groups (broad SMARTS) is 1. The van der Waals surface area contributed by atoms with E-state index >= 15 is 0 Å². The van der Waals surface area contributed by atoms with Gasteiger partial charge < -0.3 is 14.6 Å². The van der Waals surface area contributed by atoms with Crippen molar-refractivity contribution in [3.8, 4) is 11.5 Å². The van der Waals surface area contributed by atoms with Gasteiger partial charge in [0.2, 0.25) is 0 Å². The molecule has 0 spiro atoms. The van der Waals surface area contributed by atoms with Gasteiger partial charge in [-0.25, -0.2) is 4.79 Å². The molecule has 1 aliphatic rings. The van der Waals surface area contributed by atoms with Crippen molar-refractivity contribution in [2.75, 3.05) is 18.6 Å². The standard InChI is InChI=1S/C20H17NO5S2/c1-3-26-16-9-12(7-8-15(16)25-2)10-17-18(22)21(20(27)28-17)14-6-4-5-13(11-14)19(23)24/h4-11H,3H2,1-2H3,(H,23,24)/b17-10+. The fourth-order valence-electron chi connectivity index (χ4n) is 2.67. The van der Waals surface area contributed by atoms with E-state index in [0.29, 0.717) is 33.0 Å². The average Bonchev–Trinajstić information content (AvgIpc) is 2.95. The van der Waals surface area contributed by atoms with Crippen molar-refractivity contribution in [2.45, 2.75) is 6.92 Å². The SMILES string of the molecule is CCOc1cc(/C=C2/SC(=S)N(c3cccc(C(=O)O)c3)C2=O)ccc1OC. The lowest BCUT2D eigenvalue weighted by molar-refractivity contribution is -0.113. The Morgan fingerprint density at radius 1 is 1.25 bits per heavy atom. The molecule has 0 bridgehead atoms. The Bertz CT molecular complexity index is 986. The molecule has 0 unspecified atom stereocenters. The third-order valence-electron chi connectivity index (χ3n) is 3.93. The van der Waals surface area contributed by atoms with E-state index in [1.165, 1.54) is 17.0 Å². The molecule has 0 aliphatic carbocycles. The molecule has 1 aliphatic heterocycles. The molecule has 1 heterocycles. The molecule has 2 aromatic rings. The fourth-order valence-corrected chi connectivity index (χ4v) is 3.97. The van der Waals surface area contributed by atoms with Crippen molar-refractivity contribution in [1.82, 2.24) is 0 Å². The van der Waals surface area contributed by atoms with Gasteiger partial charge in [-0.3, -0.25) is 9.69 Å². The van der Waals surface area contributed by atoms with Gasteiger partial charge in [-0.05, 0) is 48.9 Å². The largest absolute Gasteiger partial charge is 0.493 e. The molecule has 2 aromatic carbocycles. The Hall–Kier alpha value is -2.84. The number of carbonyl (C=O) groups excluding carboxylic acids is 1. The van der Waals surface area contributed by atoms with Gasteiger partial charge in [0.05, 0.1) is 29.9 Å². The molecule has 8 heteroatoms. The number of anilines is 1. The summed E-state index contributed by atoms with van der Waals surface area (Å²) in [5, 5.41) is 9.17. The summed E-state index contributed by atoms with van der Waals surface area (Å²) >= 11 is 6.51. The van der Waals surface area contributed by atoms with Crippen LogP contribution in [0.15, 0.2) is 47.4 Å². The number of ether oxygens (including phenoxy) is 2. The van der Waals surface area contributed by atoms with Gasteiger partial charge >= 0.3 is 5.97 Å². The Morgan fingerprint density at radius 2 is 2.04 bits per heavy atom. The van der Waals surface area contributed by atoms with E-state index in [-0.39, 0.29) is 11.5 Å². The van der Waals surface area contributed by atoms with E-state index in [2.05, 4.69) is 0 Å². The van der Waals surface area contributed by atoms with Crippen molar-refractivity contribution in [1.29, 1.82) is 0 Å². The first-order valence-electron chi connectivity index (χ1n) is 8.36. The van der Waals surface area contributed by atoms with Gasteiger partial charge in [0.1, 0.15) is 0 Å². The lowest BCUT2D eigenvalue weighted by Gasteiger charge is -2.14. The predicted octanol–water partition coefficient (Wildman–Crippen LogP) is 4.20. The van der Waals surface area contributed by atoms with Crippen LogP contribution in [0.1, 0.15) is 22.8 Å². The summed E-state index contributed by atoms with van der Waals surface area (Å²) in [5.41, 5.74) is 1.28. The minimum Gasteiger partial charge on any atom is -0.493 e. The Morgan fingerprint density at radius 3 is 2.71 bits per heavy atom. The summed E-state index contributed by atoms with van der Waals surface area (Å²) < 4.78 is 11.2. The van der Waals surface area contributed by atoms with Crippen molar-refractivity contribution in [3.63, 3.8) is 0 Å². The highest BCUT2D eigenvalue weighted by atomic mass is 32.2. The number of rotatable bonds is 6. The number of thioether (sulfide) groups is 1. The summed E-state index contributed by atoms with van der Waals surface area (Å²) in [5.74, 6) is -0.170. The van der Waals surface area contributed by atoms with Gasteiger partial charge in [0, 0.05) is 0 Å². The van der Waals surface area contributed by atoms with E-state index in [4.69, 9.17) is 26.8 Å². The van der Waals surface area contributed by atoms with Gasteiger partial charge in [-0.1, -0.05) is 36.1 Å². The lowest BCUT2D eigenvalue weighted by Crippen LogP contribution is -2.27. The number of nitrogens with zero attached hydrogens (tertiary/aromatic N) is 1. The fraction of sp³-hybridized carbons (Fsp3) is 0.150. The molecule has 6 nitrogen and oxygen atoms in total. The number of thiocarbonyl (C=S) groups is 1. The van der Waals surface area contributed by atoms with E-state index in [1.54, 1.807) is 37.5 Å². The van der Waals surface area contributed by atoms with Crippen LogP contribution in [0.3, 0.4) is 0 Å². The van der Waals surface area contributed by atoms with Gasteiger partial charge in [-0.2, -0.15) is 0 Å². The summed E-state index contributed by atoms with van der Waals surface area (Å²) in [6, 6.07) is 11.5. The third kappa shape index (κ3) is 4.02. The van der Waals surface area contributed by atoms with E-state index in [0.717, 1.165) is 17.3 Å². The zero-order chi connectivity index (χ0) is 20.3. The van der Waals surface area contributed by atoms with Crippen molar-refractivity contribution >= 4 is 51.9 Å². The van der Waals surface area contributed by atoms with Crippen LogP contribution in [0.25, 0.3) is 6.08 Å². The highest BCUT2D eigenvalue weighted by Crippen LogP contribution is 2.37. The van der Waals surface area contributed by atoms with Gasteiger partial charge in [-0.15, -0.1) is 0 Å². The Kier molecular flexibility index (Phi) is 6.01. The first-order valence-corrected chi connectivity index (χ1v) is 9.59. The Labute approximate surface area is 171 Å². The molecule has 0 radical (unpaired) electrons. The minimum absolute atomic E-state index is 0.0899. The van der Waals surface area contributed by atoms with Crippen LogP contribution >= 0.6 is 24.0 Å². The lowest BCUT2D eigenvalue weighted by atomic mass is 10.1. The van der Waals surface area contributed by atoms with Crippen LogP contribution in [0.5, 0.6) is 11.5 Å². The maximum absolute atomic E-state index is 12.9. The van der Waals surface area contributed by atoms with Crippen molar-refractivity contribution in [3.05, 3.63) is 58.5 Å². The summed E-state index contributed by atoms with van der Waals surface area (Å²) in [4.78, 5) is 25.9. The van der Waals surface area contributed by atoms with Crippen LogP contribution in [-0.4, -0.2) is 35.0 Å². The number of carboxylic acids is 1. The third-order valence-corrected chi connectivity index (χ3v) is 5.23. The minimum atomic E-state index is -1.07. The second-order valence-corrected chi connectivity index (χ2v) is 7.39. The summed E-state index contributed by atoms with van der Waals surface area (Å²) in [6.07, 6.45) is 1.72. The number of carbonyl (C=O) groups is 2. The quantitative estimate of drug-likeness (QED) is 0.560. The van der Waals surface area contributed by atoms with E-state index < -0.39 is 5.97 Å². The molecule has 3 rings (SSSR count). The highest BCUT2D eigenvalue weighted by Gasteiger charge is 2.33. The Balaban J connectivity index is 1.92. The van der Waals surface area contributed by atoms with E-state index in [1.807, 2.05) is 13.0 Å². The number of methoxy groups -OCH3 is 1. The second kappa shape index (κ2) is 8.45. The van der Waals surface area contributed by atoms with Gasteiger partial charge in [0.15, 0.2) is 15.8 Å². The molecular weight excluding hydrogens is 398 g/mol. The molecule has 0 aromatic heterocycles. The van der Waals surface area contributed by atoms with Crippen LogP contribution in [-0.2, 0) is 4.79 Å². The number of hydrogen-bond acceptors (Lipinski definition) is 6. The van der Waals surface area contributed by atoms with Crippen LogP contribution in [0, 0.1) is 0 Å². The zero-order valence-electron chi connectivity index (χ0n) is 15.2. The first-order chi connectivity index (χ1) is 13.4. The molecule has 1 amide bonds. The molecule has 0 saturated carbocycles. The van der Waals surface area contributed by atoms with Crippen molar-refractivity contribution < 1.29 is 24.2 Å². The molecule has 28 heavy (non-hydrogen) atoms. The van der Waals surface area contributed by atoms with Crippen LogP contribution in [0.2, 0.25) is 0 Å². The predicted molar refractivity (Wildman–Crippen MR) is 113 cm³/mol. The molecule has 1 fully saturated rings. The smallest absolute Gasteiger partial charge is 0.335 e. The maximum Gasteiger partial charge on any atom is 0.335 e. The molecule has 0 atom stereocenters. The first kappa shape index (κ1) is 19.9. The number of benzene rings is 2. The van der Waals surface area contributed by atoms with Crippen molar-refractivity contribution in [2.24, 2.45) is 0 Å². The number of aromatic carboxylic acids is 1. The topological polar surface area (TPSA) is 76.1 Å². The van der Waals surface area contributed by atoms with Crippen LogP contribution < -0.4 is 14.4 Å². The number of amides is 1. The molecular formula is C20H17NO5S2. The van der Waals surface area contributed by atoms with Crippen LogP contribution in [0.4, 0.5) is 5.69 Å². The summed E-state index contributed by atoms with van der Waals surface area (Å²) in [7, 11) is 1.56. The monoisotopic (exact) mass is 415 g/mol. The van der Waals surface area contributed by atoms with E-state index in [9.17, 15) is 9.59 Å².